The van der Waals surface area contributed by atoms with Gasteiger partial charge in [-0.25, -0.2) is 8.42 Å². The lowest BCUT2D eigenvalue weighted by molar-refractivity contribution is -0.119. The molecular weight excluding hydrogens is 290 g/mol. The standard InChI is InChI=1S/C15H21NO4S/c1-4-20-14-9-12(21(3,18)19)7-8-13(14)16-15(17)10(2)11-5-6-11/h7-11H,4-6H2,1-3H3,(H,16,17). The molecule has 1 aromatic carbocycles. The summed E-state index contributed by atoms with van der Waals surface area (Å²) in [6.45, 7) is 4.12. The van der Waals surface area contributed by atoms with E-state index in [-0.39, 0.29) is 16.7 Å². The lowest BCUT2D eigenvalue weighted by atomic mass is 10.1. The van der Waals surface area contributed by atoms with Gasteiger partial charge in [0.05, 0.1) is 17.2 Å². The summed E-state index contributed by atoms with van der Waals surface area (Å²) in [5, 5.41) is 2.84. The zero-order valence-corrected chi connectivity index (χ0v) is 13.4. The Balaban J connectivity index is 2.23. The van der Waals surface area contributed by atoms with Crippen molar-refractivity contribution in [3.05, 3.63) is 18.2 Å². The van der Waals surface area contributed by atoms with E-state index in [9.17, 15) is 13.2 Å². The number of amides is 1. The summed E-state index contributed by atoms with van der Waals surface area (Å²) in [6.07, 6.45) is 3.34. The molecule has 1 unspecified atom stereocenters. The van der Waals surface area contributed by atoms with Crippen molar-refractivity contribution in [3.63, 3.8) is 0 Å². The molecule has 0 aliphatic heterocycles. The fourth-order valence-electron chi connectivity index (χ4n) is 2.17. The van der Waals surface area contributed by atoms with Gasteiger partial charge in [-0.2, -0.15) is 0 Å². The molecule has 116 valence electrons. The summed E-state index contributed by atoms with van der Waals surface area (Å²) >= 11 is 0. The predicted molar refractivity (Wildman–Crippen MR) is 81.2 cm³/mol. The van der Waals surface area contributed by atoms with Gasteiger partial charge in [-0.05, 0) is 37.8 Å². The lowest BCUT2D eigenvalue weighted by Crippen LogP contribution is -2.22. The molecule has 1 atom stereocenters. The molecule has 1 aromatic rings. The third-order valence-corrected chi connectivity index (χ3v) is 4.79. The van der Waals surface area contributed by atoms with E-state index in [0.29, 0.717) is 24.0 Å². The van der Waals surface area contributed by atoms with E-state index >= 15 is 0 Å². The molecular formula is C15H21NO4S. The second-order valence-corrected chi connectivity index (χ2v) is 7.49. The average molecular weight is 311 g/mol. The first-order valence-corrected chi connectivity index (χ1v) is 9.00. The van der Waals surface area contributed by atoms with Gasteiger partial charge < -0.3 is 10.1 Å². The van der Waals surface area contributed by atoms with Gasteiger partial charge in [0.1, 0.15) is 5.75 Å². The minimum atomic E-state index is -3.30. The Morgan fingerprint density at radius 2 is 2.10 bits per heavy atom. The number of ether oxygens (including phenoxy) is 1. The van der Waals surface area contributed by atoms with Crippen LogP contribution >= 0.6 is 0 Å². The molecule has 1 amide bonds. The lowest BCUT2D eigenvalue weighted by Gasteiger charge is -2.15. The molecule has 0 radical (unpaired) electrons. The van der Waals surface area contributed by atoms with Crippen molar-refractivity contribution in [3.8, 4) is 5.75 Å². The summed E-state index contributed by atoms with van der Waals surface area (Å²) in [5.41, 5.74) is 0.516. The molecule has 0 saturated heterocycles. The molecule has 0 bridgehead atoms. The Bertz CT molecular complexity index is 635. The van der Waals surface area contributed by atoms with Gasteiger partial charge in [-0.1, -0.05) is 6.92 Å². The van der Waals surface area contributed by atoms with Crippen molar-refractivity contribution in [1.29, 1.82) is 0 Å². The minimum Gasteiger partial charge on any atom is -0.492 e. The van der Waals surface area contributed by atoms with E-state index in [1.807, 2.05) is 13.8 Å². The Kier molecular flexibility index (Phi) is 4.56. The number of nitrogens with one attached hydrogen (secondary N) is 1. The summed E-state index contributed by atoms with van der Waals surface area (Å²) in [6, 6.07) is 4.52. The van der Waals surface area contributed by atoms with Crippen LogP contribution in [0, 0.1) is 11.8 Å². The molecule has 1 N–H and O–H groups in total. The number of benzene rings is 1. The van der Waals surface area contributed by atoms with Gasteiger partial charge in [-0.15, -0.1) is 0 Å². The third-order valence-electron chi connectivity index (χ3n) is 3.68. The smallest absolute Gasteiger partial charge is 0.227 e. The van der Waals surface area contributed by atoms with E-state index in [2.05, 4.69) is 5.32 Å². The Morgan fingerprint density at radius 3 is 2.62 bits per heavy atom. The van der Waals surface area contributed by atoms with E-state index < -0.39 is 9.84 Å². The summed E-state index contributed by atoms with van der Waals surface area (Å²) in [5.74, 6) is 0.771. The monoisotopic (exact) mass is 311 g/mol. The molecule has 0 heterocycles. The SMILES string of the molecule is CCOc1cc(S(C)(=O)=O)ccc1NC(=O)C(C)C1CC1. The highest BCUT2D eigenvalue weighted by molar-refractivity contribution is 7.90. The van der Waals surface area contributed by atoms with E-state index in [0.717, 1.165) is 19.1 Å². The predicted octanol–water partition coefficient (Wildman–Crippen LogP) is 2.47. The Labute approximate surface area is 125 Å². The normalized spacial score (nSPS) is 16.3. The highest BCUT2D eigenvalue weighted by Crippen LogP contribution is 2.37. The highest BCUT2D eigenvalue weighted by Gasteiger charge is 2.32. The van der Waals surface area contributed by atoms with Crippen molar-refractivity contribution in [2.75, 3.05) is 18.2 Å². The first-order valence-electron chi connectivity index (χ1n) is 7.10. The molecule has 5 nitrogen and oxygen atoms in total. The average Bonchev–Trinajstić information content (AvgIpc) is 3.23. The number of rotatable bonds is 6. The molecule has 1 aliphatic carbocycles. The number of carbonyl (C=O) groups is 1. The van der Waals surface area contributed by atoms with Crippen molar-refractivity contribution >= 4 is 21.4 Å². The van der Waals surface area contributed by atoms with Crippen LogP contribution in [0.4, 0.5) is 5.69 Å². The van der Waals surface area contributed by atoms with Crippen LogP contribution in [0.5, 0.6) is 5.75 Å². The molecule has 0 aromatic heterocycles. The fraction of sp³-hybridized carbons (Fsp3) is 0.533. The van der Waals surface area contributed by atoms with Crippen LogP contribution in [0.2, 0.25) is 0 Å². The van der Waals surface area contributed by atoms with Gasteiger partial charge >= 0.3 is 0 Å². The second kappa shape index (κ2) is 6.05. The molecule has 21 heavy (non-hydrogen) atoms. The highest BCUT2D eigenvalue weighted by atomic mass is 32.2. The van der Waals surface area contributed by atoms with E-state index in [1.165, 1.54) is 12.1 Å². The maximum Gasteiger partial charge on any atom is 0.227 e. The summed E-state index contributed by atoms with van der Waals surface area (Å²) in [4.78, 5) is 12.3. The summed E-state index contributed by atoms with van der Waals surface area (Å²) in [7, 11) is -3.30. The number of sulfone groups is 1. The molecule has 1 saturated carbocycles. The van der Waals surface area contributed by atoms with Gasteiger partial charge in [0.15, 0.2) is 9.84 Å². The quantitative estimate of drug-likeness (QED) is 0.876. The van der Waals surface area contributed by atoms with Crippen molar-refractivity contribution in [2.24, 2.45) is 11.8 Å². The topological polar surface area (TPSA) is 72.5 Å². The number of carbonyl (C=O) groups excluding carboxylic acids is 1. The molecule has 1 aliphatic rings. The zero-order valence-electron chi connectivity index (χ0n) is 12.5. The molecule has 1 fully saturated rings. The number of anilines is 1. The third kappa shape index (κ3) is 3.97. The van der Waals surface area contributed by atoms with Crippen LogP contribution in [0.1, 0.15) is 26.7 Å². The number of hydrogen-bond acceptors (Lipinski definition) is 4. The van der Waals surface area contributed by atoms with Gasteiger partial charge in [0.2, 0.25) is 5.91 Å². The zero-order chi connectivity index (χ0) is 15.6. The van der Waals surface area contributed by atoms with Crippen LogP contribution in [0.15, 0.2) is 23.1 Å². The largest absolute Gasteiger partial charge is 0.492 e. The molecule has 6 heteroatoms. The van der Waals surface area contributed by atoms with Crippen molar-refractivity contribution in [2.45, 2.75) is 31.6 Å². The van der Waals surface area contributed by atoms with E-state index in [1.54, 1.807) is 6.07 Å². The van der Waals surface area contributed by atoms with Gasteiger partial charge in [0, 0.05) is 18.2 Å². The van der Waals surface area contributed by atoms with Crippen LogP contribution in [-0.2, 0) is 14.6 Å². The first kappa shape index (κ1) is 15.8. The van der Waals surface area contributed by atoms with Crippen LogP contribution in [0.3, 0.4) is 0 Å². The fourth-order valence-corrected chi connectivity index (χ4v) is 2.80. The van der Waals surface area contributed by atoms with Crippen LogP contribution < -0.4 is 10.1 Å². The maximum absolute atomic E-state index is 12.1. The minimum absolute atomic E-state index is 0.0333. The Hall–Kier alpha value is -1.56. The van der Waals surface area contributed by atoms with Crippen molar-refractivity contribution in [1.82, 2.24) is 0 Å². The number of hydrogen-bond donors (Lipinski definition) is 1. The molecule has 2 rings (SSSR count). The Morgan fingerprint density at radius 1 is 1.43 bits per heavy atom. The summed E-state index contributed by atoms with van der Waals surface area (Å²) < 4.78 is 28.6. The molecule has 0 spiro atoms. The van der Waals surface area contributed by atoms with Gasteiger partial charge in [-0.3, -0.25) is 4.79 Å². The van der Waals surface area contributed by atoms with E-state index in [4.69, 9.17) is 4.74 Å². The van der Waals surface area contributed by atoms with Crippen molar-refractivity contribution < 1.29 is 17.9 Å². The second-order valence-electron chi connectivity index (χ2n) is 5.48. The van der Waals surface area contributed by atoms with Gasteiger partial charge in [0.25, 0.3) is 0 Å². The first-order chi connectivity index (χ1) is 9.82. The van der Waals surface area contributed by atoms with Crippen LogP contribution in [-0.4, -0.2) is 27.2 Å². The maximum atomic E-state index is 12.1. The van der Waals surface area contributed by atoms with Crippen LogP contribution in [0.25, 0.3) is 0 Å².